The summed E-state index contributed by atoms with van der Waals surface area (Å²) in [7, 11) is 0. The van der Waals surface area contributed by atoms with Crippen molar-refractivity contribution in [3.05, 3.63) is 69.6 Å². The molecule has 2 aromatic carbocycles. The monoisotopic (exact) mass is 311 g/mol. The summed E-state index contributed by atoms with van der Waals surface area (Å²) in [5.74, 6) is 0. The Bertz CT molecular complexity index is 812. The summed E-state index contributed by atoms with van der Waals surface area (Å²) >= 11 is 1.54. The van der Waals surface area contributed by atoms with Crippen molar-refractivity contribution in [2.45, 2.75) is 6.54 Å². The number of hydrogen-bond donors (Lipinski definition) is 1. The van der Waals surface area contributed by atoms with Crippen LogP contribution in [0.4, 0.5) is 5.69 Å². The largest absolute Gasteiger partial charge is 0.326 e. The van der Waals surface area contributed by atoms with Gasteiger partial charge in [0, 0.05) is 35.2 Å². The van der Waals surface area contributed by atoms with Gasteiger partial charge in [0.2, 0.25) is 0 Å². The third-order valence-electron chi connectivity index (χ3n) is 3.29. The molecular formula is C16H13N3O2S. The molecule has 3 rings (SSSR count). The highest BCUT2D eigenvalue weighted by Crippen LogP contribution is 2.30. The molecule has 0 unspecified atom stereocenters. The second-order valence-corrected chi connectivity index (χ2v) is 5.60. The van der Waals surface area contributed by atoms with Crippen LogP contribution in [0.3, 0.4) is 0 Å². The van der Waals surface area contributed by atoms with Crippen molar-refractivity contribution in [2.24, 2.45) is 5.73 Å². The number of non-ortho nitro benzene ring substituents is 1. The van der Waals surface area contributed by atoms with E-state index in [1.807, 2.05) is 29.6 Å². The Morgan fingerprint density at radius 2 is 1.91 bits per heavy atom. The first-order chi connectivity index (χ1) is 10.7. The Morgan fingerprint density at radius 1 is 1.14 bits per heavy atom. The maximum atomic E-state index is 10.7. The summed E-state index contributed by atoms with van der Waals surface area (Å²) in [6.07, 6.45) is 0. The zero-order valence-electron chi connectivity index (χ0n) is 11.6. The van der Waals surface area contributed by atoms with E-state index < -0.39 is 4.92 Å². The van der Waals surface area contributed by atoms with Crippen molar-refractivity contribution in [3.8, 4) is 21.8 Å². The van der Waals surface area contributed by atoms with E-state index in [1.165, 1.54) is 12.1 Å². The molecule has 0 bridgehead atoms. The molecule has 0 atom stereocenters. The number of nitro benzene ring substituents is 1. The molecule has 1 heterocycles. The maximum Gasteiger partial charge on any atom is 0.269 e. The van der Waals surface area contributed by atoms with Gasteiger partial charge in [0.1, 0.15) is 5.01 Å². The van der Waals surface area contributed by atoms with Crippen LogP contribution < -0.4 is 5.73 Å². The number of nitrogens with two attached hydrogens (primary N) is 1. The molecule has 22 heavy (non-hydrogen) atoms. The molecule has 0 amide bonds. The second kappa shape index (κ2) is 6.05. The van der Waals surface area contributed by atoms with Gasteiger partial charge in [0.05, 0.1) is 10.6 Å². The average Bonchev–Trinajstić information content (AvgIpc) is 3.05. The summed E-state index contributed by atoms with van der Waals surface area (Å²) in [6.45, 7) is 0.494. The van der Waals surface area contributed by atoms with Gasteiger partial charge >= 0.3 is 0 Å². The third kappa shape index (κ3) is 2.88. The molecule has 6 heteroatoms. The molecule has 0 radical (unpaired) electrons. The normalized spacial score (nSPS) is 10.6. The molecule has 0 fully saturated rings. The van der Waals surface area contributed by atoms with Gasteiger partial charge in [-0.15, -0.1) is 11.3 Å². The van der Waals surface area contributed by atoms with E-state index in [1.54, 1.807) is 23.5 Å². The molecule has 0 spiro atoms. The molecule has 5 nitrogen and oxygen atoms in total. The van der Waals surface area contributed by atoms with Gasteiger partial charge in [-0.3, -0.25) is 10.1 Å². The minimum Gasteiger partial charge on any atom is -0.326 e. The van der Waals surface area contributed by atoms with Gasteiger partial charge < -0.3 is 5.73 Å². The summed E-state index contributed by atoms with van der Waals surface area (Å²) < 4.78 is 0. The zero-order valence-corrected chi connectivity index (χ0v) is 12.4. The molecule has 0 aliphatic carbocycles. The van der Waals surface area contributed by atoms with Crippen LogP contribution >= 0.6 is 11.3 Å². The predicted octanol–water partition coefficient (Wildman–Crippen LogP) is 3.84. The van der Waals surface area contributed by atoms with E-state index in [9.17, 15) is 10.1 Å². The smallest absolute Gasteiger partial charge is 0.269 e. The number of benzene rings is 2. The van der Waals surface area contributed by atoms with Gasteiger partial charge in [-0.05, 0) is 23.8 Å². The summed E-state index contributed by atoms with van der Waals surface area (Å²) in [4.78, 5) is 14.9. The summed E-state index contributed by atoms with van der Waals surface area (Å²) in [5.41, 5.74) is 9.50. The van der Waals surface area contributed by atoms with E-state index in [0.29, 0.717) is 6.54 Å². The Balaban J connectivity index is 1.91. The lowest BCUT2D eigenvalue weighted by molar-refractivity contribution is -0.384. The summed E-state index contributed by atoms with van der Waals surface area (Å²) in [5, 5.41) is 13.5. The molecule has 0 saturated carbocycles. The standard InChI is InChI=1S/C16H13N3O2S/c17-9-11-2-1-3-13(8-11)16-18-15(10-22-16)12-4-6-14(7-5-12)19(20)21/h1-8,10H,9,17H2. The highest BCUT2D eigenvalue weighted by atomic mass is 32.1. The van der Waals surface area contributed by atoms with Crippen molar-refractivity contribution >= 4 is 17.0 Å². The highest BCUT2D eigenvalue weighted by molar-refractivity contribution is 7.13. The van der Waals surface area contributed by atoms with Crippen molar-refractivity contribution in [2.75, 3.05) is 0 Å². The van der Waals surface area contributed by atoms with Crippen molar-refractivity contribution in [1.29, 1.82) is 0 Å². The maximum absolute atomic E-state index is 10.7. The first-order valence-electron chi connectivity index (χ1n) is 6.67. The Labute approximate surface area is 131 Å². The van der Waals surface area contributed by atoms with Gasteiger partial charge in [0.15, 0.2) is 0 Å². The second-order valence-electron chi connectivity index (χ2n) is 4.75. The molecular weight excluding hydrogens is 298 g/mol. The van der Waals surface area contributed by atoms with E-state index in [4.69, 9.17) is 5.73 Å². The average molecular weight is 311 g/mol. The molecule has 0 saturated heterocycles. The van der Waals surface area contributed by atoms with Crippen molar-refractivity contribution < 1.29 is 4.92 Å². The Hall–Kier alpha value is -2.57. The first-order valence-corrected chi connectivity index (χ1v) is 7.55. The zero-order chi connectivity index (χ0) is 15.5. The lowest BCUT2D eigenvalue weighted by atomic mass is 10.1. The van der Waals surface area contributed by atoms with E-state index in [0.717, 1.165) is 27.4 Å². The van der Waals surface area contributed by atoms with Crippen LogP contribution in [0.25, 0.3) is 21.8 Å². The number of rotatable bonds is 4. The topological polar surface area (TPSA) is 82.0 Å². The van der Waals surface area contributed by atoms with Crippen LogP contribution in [0.1, 0.15) is 5.56 Å². The van der Waals surface area contributed by atoms with Gasteiger partial charge in [-0.25, -0.2) is 4.98 Å². The Morgan fingerprint density at radius 3 is 2.59 bits per heavy atom. The van der Waals surface area contributed by atoms with Gasteiger partial charge in [0.25, 0.3) is 5.69 Å². The van der Waals surface area contributed by atoms with Crippen LogP contribution in [0, 0.1) is 10.1 Å². The molecule has 1 aromatic heterocycles. The van der Waals surface area contributed by atoms with E-state index >= 15 is 0 Å². The minimum atomic E-state index is -0.408. The molecule has 2 N–H and O–H groups in total. The fraction of sp³-hybridized carbons (Fsp3) is 0.0625. The fourth-order valence-corrected chi connectivity index (χ4v) is 2.95. The number of aromatic nitrogens is 1. The number of thiazole rings is 1. The first kappa shape index (κ1) is 14.4. The molecule has 3 aromatic rings. The number of nitrogens with zero attached hydrogens (tertiary/aromatic N) is 2. The van der Waals surface area contributed by atoms with Crippen LogP contribution in [0.5, 0.6) is 0 Å². The number of hydrogen-bond acceptors (Lipinski definition) is 5. The minimum absolute atomic E-state index is 0.0786. The van der Waals surface area contributed by atoms with Crippen molar-refractivity contribution in [1.82, 2.24) is 4.98 Å². The van der Waals surface area contributed by atoms with E-state index in [2.05, 4.69) is 4.98 Å². The Kier molecular flexibility index (Phi) is 3.95. The summed E-state index contributed by atoms with van der Waals surface area (Å²) in [6, 6.07) is 14.4. The van der Waals surface area contributed by atoms with E-state index in [-0.39, 0.29) is 5.69 Å². The quantitative estimate of drug-likeness (QED) is 0.586. The highest BCUT2D eigenvalue weighted by Gasteiger charge is 2.09. The number of nitro groups is 1. The fourth-order valence-electron chi connectivity index (χ4n) is 2.12. The predicted molar refractivity (Wildman–Crippen MR) is 87.5 cm³/mol. The molecule has 0 aliphatic rings. The molecule has 110 valence electrons. The van der Waals surface area contributed by atoms with Crippen LogP contribution in [-0.4, -0.2) is 9.91 Å². The van der Waals surface area contributed by atoms with Crippen molar-refractivity contribution in [3.63, 3.8) is 0 Å². The van der Waals surface area contributed by atoms with Gasteiger partial charge in [-0.1, -0.05) is 18.2 Å². The lowest BCUT2D eigenvalue weighted by Gasteiger charge is -2.00. The van der Waals surface area contributed by atoms with Crippen LogP contribution in [0.15, 0.2) is 53.9 Å². The van der Waals surface area contributed by atoms with Crippen LogP contribution in [0.2, 0.25) is 0 Å². The third-order valence-corrected chi connectivity index (χ3v) is 4.18. The lowest BCUT2D eigenvalue weighted by Crippen LogP contribution is -1.95. The molecule has 0 aliphatic heterocycles. The van der Waals surface area contributed by atoms with Gasteiger partial charge in [-0.2, -0.15) is 0 Å². The van der Waals surface area contributed by atoms with Crippen LogP contribution in [-0.2, 0) is 6.54 Å². The SMILES string of the molecule is NCc1cccc(-c2nc(-c3ccc([N+](=O)[O-])cc3)cs2)c1.